The standard InChI is InChI=1S/C20H26N2O2.ClH/c1-15-18(10-5-13-21-15)22-20(23)12-6-14-24-19-11-4-8-16-7-2-3-9-17(16)19;/h2-4,7-9,11,15,18,21H,5-6,10,12-14H2,1H3,(H,22,23);1H. The summed E-state index contributed by atoms with van der Waals surface area (Å²) >= 11 is 0. The van der Waals surface area contributed by atoms with Crippen LogP contribution in [0.2, 0.25) is 0 Å². The number of hydrogen-bond acceptors (Lipinski definition) is 3. The van der Waals surface area contributed by atoms with Crippen molar-refractivity contribution in [3.05, 3.63) is 42.5 Å². The third-order valence-electron chi connectivity index (χ3n) is 4.66. The van der Waals surface area contributed by atoms with Gasteiger partial charge in [0.1, 0.15) is 5.75 Å². The third-order valence-corrected chi connectivity index (χ3v) is 4.66. The largest absolute Gasteiger partial charge is 0.493 e. The molecule has 3 rings (SSSR count). The minimum absolute atomic E-state index is 0. The smallest absolute Gasteiger partial charge is 0.220 e. The van der Waals surface area contributed by atoms with Gasteiger partial charge in [-0.25, -0.2) is 0 Å². The van der Waals surface area contributed by atoms with Crippen LogP contribution in [0.15, 0.2) is 42.5 Å². The molecule has 1 heterocycles. The Morgan fingerprint density at radius 2 is 2.04 bits per heavy atom. The summed E-state index contributed by atoms with van der Waals surface area (Å²) in [7, 11) is 0. The lowest BCUT2D eigenvalue weighted by Crippen LogP contribution is -2.51. The average Bonchev–Trinajstić information content (AvgIpc) is 2.61. The highest BCUT2D eigenvalue weighted by atomic mass is 35.5. The van der Waals surface area contributed by atoms with E-state index in [1.54, 1.807) is 0 Å². The van der Waals surface area contributed by atoms with E-state index in [1.807, 2.05) is 24.3 Å². The van der Waals surface area contributed by atoms with Crippen LogP contribution in [0.4, 0.5) is 0 Å². The molecule has 1 aliphatic heterocycles. The van der Waals surface area contributed by atoms with Crippen molar-refractivity contribution in [1.29, 1.82) is 0 Å². The number of amides is 1. The van der Waals surface area contributed by atoms with E-state index in [0.29, 0.717) is 19.1 Å². The lowest BCUT2D eigenvalue weighted by molar-refractivity contribution is -0.122. The maximum absolute atomic E-state index is 12.1. The predicted molar refractivity (Wildman–Crippen MR) is 105 cm³/mol. The fourth-order valence-electron chi connectivity index (χ4n) is 3.26. The Kier molecular flexibility index (Phi) is 7.53. The minimum atomic E-state index is 0. The van der Waals surface area contributed by atoms with Gasteiger partial charge in [0.2, 0.25) is 5.91 Å². The number of benzene rings is 2. The molecule has 4 nitrogen and oxygen atoms in total. The quantitative estimate of drug-likeness (QED) is 0.771. The average molecular weight is 363 g/mol. The summed E-state index contributed by atoms with van der Waals surface area (Å²) in [4.78, 5) is 12.1. The van der Waals surface area contributed by atoms with Crippen molar-refractivity contribution in [2.75, 3.05) is 13.2 Å². The van der Waals surface area contributed by atoms with E-state index in [2.05, 4.69) is 35.8 Å². The van der Waals surface area contributed by atoms with Gasteiger partial charge in [0.05, 0.1) is 6.61 Å². The molecule has 1 fully saturated rings. The van der Waals surface area contributed by atoms with Gasteiger partial charge in [-0.05, 0) is 44.2 Å². The maximum atomic E-state index is 12.1. The fraction of sp³-hybridized carbons (Fsp3) is 0.450. The molecule has 0 radical (unpaired) electrons. The van der Waals surface area contributed by atoms with E-state index in [-0.39, 0.29) is 24.4 Å². The Balaban J connectivity index is 0.00000225. The molecular weight excluding hydrogens is 336 g/mol. The van der Waals surface area contributed by atoms with Crippen LogP contribution >= 0.6 is 12.4 Å². The molecule has 0 spiro atoms. The molecule has 2 aromatic rings. The molecule has 1 amide bonds. The van der Waals surface area contributed by atoms with Gasteiger partial charge in [-0.1, -0.05) is 36.4 Å². The predicted octanol–water partition coefficient (Wildman–Crippen LogP) is 3.68. The zero-order valence-electron chi connectivity index (χ0n) is 14.7. The van der Waals surface area contributed by atoms with E-state index in [0.717, 1.165) is 36.9 Å². The molecular formula is C20H27ClN2O2. The van der Waals surface area contributed by atoms with E-state index >= 15 is 0 Å². The summed E-state index contributed by atoms with van der Waals surface area (Å²) in [5.41, 5.74) is 0. The van der Waals surface area contributed by atoms with Crippen molar-refractivity contribution in [2.24, 2.45) is 0 Å². The first-order chi connectivity index (χ1) is 11.7. The van der Waals surface area contributed by atoms with Gasteiger partial charge in [-0.3, -0.25) is 4.79 Å². The van der Waals surface area contributed by atoms with Crippen molar-refractivity contribution in [3.8, 4) is 5.75 Å². The SMILES string of the molecule is CC1NCCCC1NC(=O)CCCOc1cccc2ccccc12.Cl. The Labute approximate surface area is 155 Å². The summed E-state index contributed by atoms with van der Waals surface area (Å²) in [6.07, 6.45) is 3.42. The van der Waals surface area contributed by atoms with E-state index < -0.39 is 0 Å². The Morgan fingerprint density at radius 3 is 2.88 bits per heavy atom. The van der Waals surface area contributed by atoms with Gasteiger partial charge in [0.25, 0.3) is 0 Å². The van der Waals surface area contributed by atoms with Crippen LogP contribution in [0.5, 0.6) is 5.75 Å². The molecule has 136 valence electrons. The second kappa shape index (κ2) is 9.64. The molecule has 0 aromatic heterocycles. The van der Waals surface area contributed by atoms with Crippen LogP contribution in [0.3, 0.4) is 0 Å². The van der Waals surface area contributed by atoms with Gasteiger partial charge in [0, 0.05) is 23.9 Å². The second-order valence-corrected chi connectivity index (χ2v) is 6.49. The first-order valence-electron chi connectivity index (χ1n) is 8.87. The molecule has 0 bridgehead atoms. The first kappa shape index (κ1) is 19.5. The normalized spacial score (nSPS) is 19.9. The number of rotatable bonds is 6. The number of ether oxygens (including phenoxy) is 1. The zero-order chi connectivity index (χ0) is 16.8. The highest BCUT2D eigenvalue weighted by Gasteiger charge is 2.21. The molecule has 2 N–H and O–H groups in total. The Morgan fingerprint density at radius 1 is 1.24 bits per heavy atom. The third kappa shape index (κ3) is 5.35. The molecule has 2 atom stereocenters. The van der Waals surface area contributed by atoms with Crippen molar-refractivity contribution in [2.45, 2.75) is 44.7 Å². The van der Waals surface area contributed by atoms with E-state index in [9.17, 15) is 4.79 Å². The van der Waals surface area contributed by atoms with Gasteiger partial charge < -0.3 is 15.4 Å². The van der Waals surface area contributed by atoms with Crippen LogP contribution in [0, 0.1) is 0 Å². The molecule has 0 aliphatic carbocycles. The molecule has 0 saturated carbocycles. The van der Waals surface area contributed by atoms with Gasteiger partial charge >= 0.3 is 0 Å². The first-order valence-corrected chi connectivity index (χ1v) is 8.87. The number of hydrogen-bond donors (Lipinski definition) is 2. The van der Waals surface area contributed by atoms with Gasteiger partial charge in [-0.15, -0.1) is 12.4 Å². The molecule has 1 saturated heterocycles. The Hall–Kier alpha value is -1.78. The van der Waals surface area contributed by atoms with Crippen molar-refractivity contribution >= 4 is 29.1 Å². The van der Waals surface area contributed by atoms with E-state index in [4.69, 9.17) is 4.74 Å². The van der Waals surface area contributed by atoms with Gasteiger partial charge in [0.15, 0.2) is 0 Å². The summed E-state index contributed by atoms with van der Waals surface area (Å²) < 4.78 is 5.89. The van der Waals surface area contributed by atoms with Crippen LogP contribution < -0.4 is 15.4 Å². The van der Waals surface area contributed by atoms with Crippen LogP contribution in [-0.4, -0.2) is 31.1 Å². The molecule has 2 unspecified atom stereocenters. The fourth-order valence-corrected chi connectivity index (χ4v) is 3.26. The molecule has 1 aliphatic rings. The van der Waals surface area contributed by atoms with Crippen LogP contribution in [0.25, 0.3) is 10.8 Å². The maximum Gasteiger partial charge on any atom is 0.220 e. The van der Waals surface area contributed by atoms with Crippen molar-refractivity contribution in [3.63, 3.8) is 0 Å². The molecule has 25 heavy (non-hydrogen) atoms. The Bertz CT molecular complexity index is 687. The summed E-state index contributed by atoms with van der Waals surface area (Å²) in [5.74, 6) is 1.01. The van der Waals surface area contributed by atoms with Gasteiger partial charge in [-0.2, -0.15) is 0 Å². The zero-order valence-corrected chi connectivity index (χ0v) is 15.5. The minimum Gasteiger partial charge on any atom is -0.493 e. The second-order valence-electron chi connectivity index (χ2n) is 6.49. The molecule has 2 aromatic carbocycles. The topological polar surface area (TPSA) is 50.4 Å². The molecule has 5 heteroatoms. The number of carbonyl (C=O) groups excluding carboxylic acids is 1. The summed E-state index contributed by atoms with van der Waals surface area (Å²) in [5, 5.41) is 8.83. The van der Waals surface area contributed by atoms with Crippen LogP contribution in [0.1, 0.15) is 32.6 Å². The van der Waals surface area contributed by atoms with Crippen LogP contribution in [-0.2, 0) is 4.79 Å². The van der Waals surface area contributed by atoms with Crippen molar-refractivity contribution < 1.29 is 9.53 Å². The number of carbonyl (C=O) groups is 1. The number of nitrogens with one attached hydrogen (secondary N) is 2. The summed E-state index contributed by atoms with van der Waals surface area (Å²) in [6.45, 7) is 3.74. The monoisotopic (exact) mass is 362 g/mol. The highest BCUT2D eigenvalue weighted by molar-refractivity contribution is 5.88. The lowest BCUT2D eigenvalue weighted by Gasteiger charge is -2.30. The van der Waals surface area contributed by atoms with E-state index in [1.165, 1.54) is 5.39 Å². The number of fused-ring (bicyclic) bond motifs is 1. The number of halogens is 1. The van der Waals surface area contributed by atoms with Crippen molar-refractivity contribution in [1.82, 2.24) is 10.6 Å². The summed E-state index contributed by atoms with van der Waals surface area (Å²) in [6, 6.07) is 14.9. The lowest BCUT2D eigenvalue weighted by atomic mass is 10.00. The number of piperidine rings is 1. The highest BCUT2D eigenvalue weighted by Crippen LogP contribution is 2.25.